The molecule has 0 bridgehead atoms. The fraction of sp³-hybridized carbons (Fsp3) is 0.273. The van der Waals surface area contributed by atoms with Gasteiger partial charge in [-0.05, 0) is 24.5 Å². The zero-order chi connectivity index (χ0) is 17.9. The molecule has 1 N–H and O–H groups in total. The lowest BCUT2D eigenvalue weighted by atomic mass is 10.0. The second kappa shape index (κ2) is 7.16. The number of nitrogens with one attached hydrogen (secondary N) is 1. The van der Waals surface area contributed by atoms with Gasteiger partial charge in [-0.1, -0.05) is 55.5 Å². The van der Waals surface area contributed by atoms with Crippen LogP contribution in [0, 0.1) is 0 Å². The zero-order valence-electron chi connectivity index (χ0n) is 15.0. The van der Waals surface area contributed by atoms with Gasteiger partial charge in [0.05, 0.1) is 5.69 Å². The van der Waals surface area contributed by atoms with E-state index < -0.39 is 0 Å². The number of nitrogens with zero attached hydrogens (tertiary/aromatic N) is 2. The number of carbonyl (C=O) groups excluding carboxylic acids is 1. The van der Waals surface area contributed by atoms with Gasteiger partial charge in [-0.25, -0.2) is 0 Å². The highest BCUT2D eigenvalue weighted by Crippen LogP contribution is 2.27. The van der Waals surface area contributed by atoms with E-state index in [0.717, 1.165) is 60.4 Å². The van der Waals surface area contributed by atoms with Crippen LogP contribution >= 0.6 is 0 Å². The molecule has 0 aliphatic carbocycles. The molecule has 2 aromatic carbocycles. The highest BCUT2D eigenvalue weighted by Gasteiger charge is 2.24. The fourth-order valence-electron chi connectivity index (χ4n) is 3.73. The minimum absolute atomic E-state index is 0.141. The lowest BCUT2D eigenvalue weighted by molar-refractivity contribution is 0.0761. The predicted molar refractivity (Wildman–Crippen MR) is 103 cm³/mol. The van der Waals surface area contributed by atoms with Gasteiger partial charge in [0.1, 0.15) is 0 Å². The number of aryl methyl sites for hydroxylation is 1. The summed E-state index contributed by atoms with van der Waals surface area (Å²) >= 11 is 0. The summed E-state index contributed by atoms with van der Waals surface area (Å²) in [5, 5.41) is 7.74. The van der Waals surface area contributed by atoms with Crippen LogP contribution in [-0.2, 0) is 19.3 Å². The standard InChI is InChI=1S/C22H23N3O/c1-2-16-8-6-7-11-18(16)22(26)25-14-12-19-20(13-15-25)23-24-21(19)17-9-4-3-5-10-17/h3-11H,2,12-15H2,1H3,(H,23,24). The lowest BCUT2D eigenvalue weighted by Crippen LogP contribution is -2.34. The molecular formula is C22H23N3O. The van der Waals surface area contributed by atoms with E-state index in [1.807, 2.05) is 47.4 Å². The molecule has 4 rings (SSSR count). The Morgan fingerprint density at radius 1 is 1.04 bits per heavy atom. The monoisotopic (exact) mass is 345 g/mol. The maximum Gasteiger partial charge on any atom is 0.254 e. The van der Waals surface area contributed by atoms with Crippen molar-refractivity contribution in [1.29, 1.82) is 0 Å². The summed E-state index contributed by atoms with van der Waals surface area (Å²) in [7, 11) is 0. The number of hydrogen-bond acceptors (Lipinski definition) is 2. The van der Waals surface area contributed by atoms with Crippen LogP contribution in [0.1, 0.15) is 34.1 Å². The lowest BCUT2D eigenvalue weighted by Gasteiger charge is -2.21. The van der Waals surface area contributed by atoms with Crippen LogP contribution < -0.4 is 0 Å². The molecule has 0 unspecified atom stereocenters. The topological polar surface area (TPSA) is 49.0 Å². The van der Waals surface area contributed by atoms with Crippen molar-refractivity contribution in [2.24, 2.45) is 0 Å². The minimum Gasteiger partial charge on any atom is -0.338 e. The van der Waals surface area contributed by atoms with E-state index in [-0.39, 0.29) is 5.91 Å². The number of H-pyrrole nitrogens is 1. The van der Waals surface area contributed by atoms with E-state index in [1.165, 1.54) is 5.56 Å². The number of rotatable bonds is 3. The summed E-state index contributed by atoms with van der Waals surface area (Å²) in [6.07, 6.45) is 2.52. The van der Waals surface area contributed by atoms with Crippen LogP contribution in [0.15, 0.2) is 54.6 Å². The Kier molecular flexibility index (Phi) is 4.57. The van der Waals surface area contributed by atoms with E-state index in [2.05, 4.69) is 29.3 Å². The Morgan fingerprint density at radius 3 is 2.58 bits per heavy atom. The number of hydrogen-bond donors (Lipinski definition) is 1. The second-order valence-electron chi connectivity index (χ2n) is 6.70. The van der Waals surface area contributed by atoms with Gasteiger partial charge in [-0.2, -0.15) is 5.10 Å². The Morgan fingerprint density at radius 2 is 1.77 bits per heavy atom. The fourth-order valence-corrected chi connectivity index (χ4v) is 3.73. The summed E-state index contributed by atoms with van der Waals surface area (Å²) in [6.45, 7) is 3.54. The van der Waals surface area contributed by atoms with Crippen molar-refractivity contribution in [2.45, 2.75) is 26.2 Å². The van der Waals surface area contributed by atoms with E-state index in [1.54, 1.807) is 0 Å². The largest absolute Gasteiger partial charge is 0.338 e. The molecule has 26 heavy (non-hydrogen) atoms. The molecule has 0 atom stereocenters. The average molecular weight is 345 g/mol. The maximum atomic E-state index is 13.1. The number of fused-ring (bicyclic) bond motifs is 1. The van der Waals surface area contributed by atoms with Crippen LogP contribution in [0.2, 0.25) is 0 Å². The van der Waals surface area contributed by atoms with Crippen LogP contribution in [-0.4, -0.2) is 34.1 Å². The van der Waals surface area contributed by atoms with Crippen LogP contribution in [0.5, 0.6) is 0 Å². The number of amides is 1. The molecule has 4 nitrogen and oxygen atoms in total. The van der Waals surface area contributed by atoms with Gasteiger partial charge in [0.15, 0.2) is 0 Å². The van der Waals surface area contributed by atoms with Gasteiger partial charge in [0.25, 0.3) is 5.91 Å². The second-order valence-corrected chi connectivity index (χ2v) is 6.70. The molecular weight excluding hydrogens is 322 g/mol. The van der Waals surface area contributed by atoms with E-state index in [0.29, 0.717) is 0 Å². The summed E-state index contributed by atoms with van der Waals surface area (Å²) in [5.74, 6) is 0.141. The van der Waals surface area contributed by atoms with Gasteiger partial charge in [-0.15, -0.1) is 0 Å². The van der Waals surface area contributed by atoms with Gasteiger partial charge in [0, 0.05) is 41.9 Å². The Bertz CT molecular complexity index is 914. The Labute approximate surface area is 153 Å². The molecule has 0 fully saturated rings. The maximum absolute atomic E-state index is 13.1. The smallest absolute Gasteiger partial charge is 0.254 e. The molecule has 4 heteroatoms. The summed E-state index contributed by atoms with van der Waals surface area (Å²) < 4.78 is 0. The summed E-state index contributed by atoms with van der Waals surface area (Å²) in [6, 6.07) is 18.2. The summed E-state index contributed by atoms with van der Waals surface area (Å²) in [5.41, 5.74) is 6.50. The van der Waals surface area contributed by atoms with Crippen molar-refractivity contribution >= 4 is 5.91 Å². The Balaban J connectivity index is 1.57. The van der Waals surface area contributed by atoms with Crippen molar-refractivity contribution in [2.75, 3.05) is 13.1 Å². The Hall–Kier alpha value is -2.88. The number of carbonyl (C=O) groups is 1. The zero-order valence-corrected chi connectivity index (χ0v) is 15.0. The van der Waals surface area contributed by atoms with Gasteiger partial charge in [0.2, 0.25) is 0 Å². The number of aromatic nitrogens is 2. The first-order chi connectivity index (χ1) is 12.8. The van der Waals surface area contributed by atoms with Gasteiger partial charge < -0.3 is 4.90 Å². The van der Waals surface area contributed by atoms with Gasteiger partial charge in [-0.3, -0.25) is 9.89 Å². The van der Waals surface area contributed by atoms with Crippen molar-refractivity contribution in [1.82, 2.24) is 15.1 Å². The van der Waals surface area contributed by atoms with Crippen molar-refractivity contribution in [3.8, 4) is 11.3 Å². The first-order valence-electron chi connectivity index (χ1n) is 9.26. The number of aromatic amines is 1. The molecule has 0 spiro atoms. The molecule has 1 aliphatic rings. The first-order valence-corrected chi connectivity index (χ1v) is 9.26. The van der Waals surface area contributed by atoms with E-state index in [9.17, 15) is 4.79 Å². The van der Waals surface area contributed by atoms with Crippen LogP contribution in [0.25, 0.3) is 11.3 Å². The highest BCUT2D eigenvalue weighted by molar-refractivity contribution is 5.95. The molecule has 1 amide bonds. The molecule has 0 saturated carbocycles. The third-order valence-electron chi connectivity index (χ3n) is 5.18. The molecule has 0 saturated heterocycles. The van der Waals surface area contributed by atoms with Crippen LogP contribution in [0.3, 0.4) is 0 Å². The third-order valence-corrected chi connectivity index (χ3v) is 5.18. The SMILES string of the molecule is CCc1ccccc1C(=O)N1CCc2[nH]nc(-c3ccccc3)c2CC1. The number of benzene rings is 2. The third kappa shape index (κ3) is 3.03. The predicted octanol–water partition coefficient (Wildman–Crippen LogP) is 3.88. The quantitative estimate of drug-likeness (QED) is 0.783. The van der Waals surface area contributed by atoms with E-state index >= 15 is 0 Å². The normalized spacial score (nSPS) is 14.0. The molecule has 3 aromatic rings. The van der Waals surface area contributed by atoms with Crippen LogP contribution in [0.4, 0.5) is 0 Å². The molecule has 1 aromatic heterocycles. The highest BCUT2D eigenvalue weighted by atomic mass is 16.2. The molecule has 1 aliphatic heterocycles. The average Bonchev–Trinajstić information content (AvgIpc) is 2.99. The van der Waals surface area contributed by atoms with E-state index in [4.69, 9.17) is 0 Å². The first kappa shape index (κ1) is 16.6. The van der Waals surface area contributed by atoms with Gasteiger partial charge >= 0.3 is 0 Å². The minimum atomic E-state index is 0.141. The summed E-state index contributed by atoms with van der Waals surface area (Å²) in [4.78, 5) is 15.0. The molecule has 0 radical (unpaired) electrons. The molecule has 132 valence electrons. The van der Waals surface area contributed by atoms with Crippen molar-refractivity contribution < 1.29 is 4.79 Å². The molecule has 2 heterocycles. The van der Waals surface area contributed by atoms with Crippen molar-refractivity contribution in [3.63, 3.8) is 0 Å². The van der Waals surface area contributed by atoms with Crippen molar-refractivity contribution in [3.05, 3.63) is 77.0 Å².